The first-order chi connectivity index (χ1) is 6.16. The lowest BCUT2D eigenvalue weighted by atomic mass is 10.0. The first-order valence-corrected chi connectivity index (χ1v) is 4.76. The van der Waals surface area contributed by atoms with Gasteiger partial charge in [-0.25, -0.2) is 0 Å². The summed E-state index contributed by atoms with van der Waals surface area (Å²) in [5.74, 6) is 0.495. The lowest BCUT2D eigenvalue weighted by molar-refractivity contribution is 0.398. The molecule has 0 aliphatic carbocycles. The Bertz CT molecular complexity index is 297. The highest BCUT2D eigenvalue weighted by molar-refractivity contribution is 6.17. The van der Waals surface area contributed by atoms with Gasteiger partial charge in [-0.05, 0) is 31.4 Å². The first-order valence-electron chi connectivity index (χ1n) is 4.23. The summed E-state index contributed by atoms with van der Waals surface area (Å²) in [6, 6.07) is 3.29. The van der Waals surface area contributed by atoms with Crippen LogP contribution >= 0.6 is 11.6 Å². The van der Waals surface area contributed by atoms with Crippen molar-refractivity contribution in [1.29, 1.82) is 0 Å². The summed E-state index contributed by atoms with van der Waals surface area (Å²) < 4.78 is 0. The van der Waals surface area contributed by atoms with E-state index in [4.69, 9.17) is 11.6 Å². The second-order valence-corrected chi connectivity index (χ2v) is 3.40. The second kappa shape index (κ2) is 4.38. The summed E-state index contributed by atoms with van der Waals surface area (Å²) in [5.41, 5.74) is 1.78. The molecule has 2 nitrogen and oxygen atoms in total. The smallest absolute Gasteiger partial charge is 0.160 e. The quantitative estimate of drug-likeness (QED) is 0.582. The van der Waals surface area contributed by atoms with E-state index in [-0.39, 0.29) is 11.5 Å². The Morgan fingerprint density at radius 2 is 2.00 bits per heavy atom. The van der Waals surface area contributed by atoms with Gasteiger partial charge < -0.3 is 10.2 Å². The zero-order valence-electron chi connectivity index (χ0n) is 7.55. The van der Waals surface area contributed by atoms with E-state index in [0.29, 0.717) is 12.3 Å². The van der Waals surface area contributed by atoms with Crippen LogP contribution in [-0.4, -0.2) is 16.1 Å². The fourth-order valence-corrected chi connectivity index (χ4v) is 1.42. The molecule has 0 unspecified atom stereocenters. The molecular formula is C10H13ClO2. The van der Waals surface area contributed by atoms with Crippen molar-refractivity contribution in [3.05, 3.63) is 23.3 Å². The average Bonchev–Trinajstić information content (AvgIpc) is 2.12. The zero-order chi connectivity index (χ0) is 9.84. The van der Waals surface area contributed by atoms with E-state index >= 15 is 0 Å². The minimum absolute atomic E-state index is 0.00915. The van der Waals surface area contributed by atoms with Crippen molar-refractivity contribution in [2.24, 2.45) is 0 Å². The van der Waals surface area contributed by atoms with Gasteiger partial charge in [0.1, 0.15) is 0 Å². The lowest BCUT2D eigenvalue weighted by Gasteiger charge is -2.08. The maximum Gasteiger partial charge on any atom is 0.160 e. The van der Waals surface area contributed by atoms with Crippen molar-refractivity contribution in [3.63, 3.8) is 0 Å². The largest absolute Gasteiger partial charge is 0.504 e. The molecule has 0 spiro atoms. The van der Waals surface area contributed by atoms with E-state index in [2.05, 4.69) is 0 Å². The van der Waals surface area contributed by atoms with Gasteiger partial charge in [-0.3, -0.25) is 0 Å². The molecule has 1 aromatic rings. The van der Waals surface area contributed by atoms with Gasteiger partial charge in [0.05, 0.1) is 0 Å². The van der Waals surface area contributed by atoms with E-state index in [1.54, 1.807) is 6.07 Å². The molecule has 0 radical (unpaired) electrons. The Morgan fingerprint density at radius 1 is 1.31 bits per heavy atom. The number of rotatable bonds is 3. The molecule has 0 aliphatic heterocycles. The van der Waals surface area contributed by atoms with Crippen LogP contribution in [0.5, 0.6) is 11.5 Å². The molecule has 0 atom stereocenters. The fraction of sp³-hybridized carbons (Fsp3) is 0.400. The standard InChI is InChI=1S/C10H13ClO2/c1-7-4-5-9(12)10(13)8(7)3-2-6-11/h4-5,12-13H,2-3,6H2,1H3. The summed E-state index contributed by atoms with van der Waals surface area (Å²) in [7, 11) is 0. The third-order valence-electron chi connectivity index (χ3n) is 2.06. The van der Waals surface area contributed by atoms with Gasteiger partial charge in [0.25, 0.3) is 0 Å². The van der Waals surface area contributed by atoms with Crippen LogP contribution in [-0.2, 0) is 6.42 Å². The molecule has 1 rings (SSSR count). The molecule has 3 heteroatoms. The van der Waals surface area contributed by atoms with Crippen molar-refractivity contribution < 1.29 is 10.2 Å². The molecular weight excluding hydrogens is 188 g/mol. The summed E-state index contributed by atoms with van der Waals surface area (Å²) in [4.78, 5) is 0. The highest BCUT2D eigenvalue weighted by atomic mass is 35.5. The summed E-state index contributed by atoms with van der Waals surface area (Å²) in [6.07, 6.45) is 1.51. The molecule has 0 fully saturated rings. The number of aryl methyl sites for hydroxylation is 1. The molecule has 72 valence electrons. The minimum Gasteiger partial charge on any atom is -0.504 e. The third-order valence-corrected chi connectivity index (χ3v) is 2.32. The van der Waals surface area contributed by atoms with Gasteiger partial charge in [-0.1, -0.05) is 6.07 Å². The van der Waals surface area contributed by atoms with Crippen LogP contribution < -0.4 is 0 Å². The predicted molar refractivity (Wildman–Crippen MR) is 53.5 cm³/mol. The van der Waals surface area contributed by atoms with Gasteiger partial charge in [0.2, 0.25) is 0 Å². The molecule has 0 aliphatic rings. The van der Waals surface area contributed by atoms with E-state index in [0.717, 1.165) is 17.5 Å². The molecule has 0 saturated heterocycles. The van der Waals surface area contributed by atoms with Crippen molar-refractivity contribution in [2.75, 3.05) is 5.88 Å². The van der Waals surface area contributed by atoms with Crippen LogP contribution in [0.2, 0.25) is 0 Å². The second-order valence-electron chi connectivity index (χ2n) is 3.02. The highest BCUT2D eigenvalue weighted by Gasteiger charge is 2.08. The monoisotopic (exact) mass is 200 g/mol. The van der Waals surface area contributed by atoms with E-state index in [1.807, 2.05) is 6.92 Å². The van der Waals surface area contributed by atoms with Crippen molar-refractivity contribution >= 4 is 11.6 Å². The lowest BCUT2D eigenvalue weighted by Crippen LogP contribution is -1.91. The number of alkyl halides is 1. The molecule has 0 heterocycles. The average molecular weight is 201 g/mol. The molecule has 13 heavy (non-hydrogen) atoms. The Kier molecular flexibility index (Phi) is 3.43. The maximum absolute atomic E-state index is 9.51. The van der Waals surface area contributed by atoms with Gasteiger partial charge in [0.15, 0.2) is 11.5 Å². The number of benzene rings is 1. The Balaban J connectivity index is 2.96. The SMILES string of the molecule is Cc1ccc(O)c(O)c1CCCCl. The van der Waals surface area contributed by atoms with E-state index in [1.165, 1.54) is 6.07 Å². The zero-order valence-corrected chi connectivity index (χ0v) is 8.30. The Labute approximate surface area is 82.8 Å². The Morgan fingerprint density at radius 3 is 2.62 bits per heavy atom. The molecule has 0 amide bonds. The molecule has 2 N–H and O–H groups in total. The highest BCUT2D eigenvalue weighted by Crippen LogP contribution is 2.31. The molecule has 0 saturated carbocycles. The number of phenols is 2. The molecule has 0 bridgehead atoms. The van der Waals surface area contributed by atoms with Gasteiger partial charge in [-0.2, -0.15) is 0 Å². The van der Waals surface area contributed by atoms with Crippen LogP contribution in [0.4, 0.5) is 0 Å². The van der Waals surface area contributed by atoms with Crippen LogP contribution in [0.1, 0.15) is 17.5 Å². The summed E-state index contributed by atoms with van der Waals surface area (Å²) in [6.45, 7) is 1.91. The van der Waals surface area contributed by atoms with Gasteiger partial charge >= 0.3 is 0 Å². The minimum atomic E-state index is -0.0600. The van der Waals surface area contributed by atoms with E-state index in [9.17, 15) is 10.2 Å². The number of phenolic OH excluding ortho intramolecular Hbond substituents is 2. The van der Waals surface area contributed by atoms with E-state index < -0.39 is 0 Å². The summed E-state index contributed by atoms with van der Waals surface area (Å²) in [5, 5.41) is 18.8. The predicted octanol–water partition coefficient (Wildman–Crippen LogP) is 2.58. The van der Waals surface area contributed by atoms with Crippen LogP contribution in [0.25, 0.3) is 0 Å². The first kappa shape index (κ1) is 10.2. The van der Waals surface area contributed by atoms with Gasteiger partial charge in [0, 0.05) is 11.4 Å². The third kappa shape index (κ3) is 2.28. The number of hydrogen-bond acceptors (Lipinski definition) is 2. The van der Waals surface area contributed by atoms with Gasteiger partial charge in [-0.15, -0.1) is 11.6 Å². The number of halogens is 1. The summed E-state index contributed by atoms with van der Waals surface area (Å²) >= 11 is 5.55. The van der Waals surface area contributed by atoms with Crippen LogP contribution in [0.3, 0.4) is 0 Å². The molecule has 0 aromatic heterocycles. The number of hydrogen-bond donors (Lipinski definition) is 2. The van der Waals surface area contributed by atoms with Crippen molar-refractivity contribution in [1.82, 2.24) is 0 Å². The van der Waals surface area contributed by atoms with Crippen LogP contribution in [0.15, 0.2) is 12.1 Å². The van der Waals surface area contributed by atoms with Crippen LogP contribution in [0, 0.1) is 6.92 Å². The van der Waals surface area contributed by atoms with Crippen molar-refractivity contribution in [2.45, 2.75) is 19.8 Å². The maximum atomic E-state index is 9.51. The Hall–Kier alpha value is -0.890. The normalized spacial score (nSPS) is 10.3. The molecule has 1 aromatic carbocycles. The number of aromatic hydroxyl groups is 2. The fourth-order valence-electron chi connectivity index (χ4n) is 1.28. The topological polar surface area (TPSA) is 40.5 Å². The van der Waals surface area contributed by atoms with Crippen molar-refractivity contribution in [3.8, 4) is 11.5 Å².